The van der Waals surface area contributed by atoms with Crippen LogP contribution in [0.5, 0.6) is 0 Å². The van der Waals surface area contributed by atoms with Crippen LogP contribution in [0.2, 0.25) is 0 Å². The highest BCUT2D eigenvalue weighted by atomic mass is 32.2. The minimum atomic E-state index is -4.57. The number of nitrogens with one attached hydrogen (secondary N) is 1. The van der Waals surface area contributed by atoms with E-state index in [4.69, 9.17) is 0 Å². The summed E-state index contributed by atoms with van der Waals surface area (Å²) in [4.78, 5) is 11.1. The predicted octanol–water partition coefficient (Wildman–Crippen LogP) is 2.98. The zero-order valence-electron chi connectivity index (χ0n) is 12.3. The fourth-order valence-electron chi connectivity index (χ4n) is 2.10. The van der Waals surface area contributed by atoms with Gasteiger partial charge in [0.2, 0.25) is 10.0 Å². The van der Waals surface area contributed by atoms with Gasteiger partial charge in [-0.05, 0) is 42.4 Å². The van der Waals surface area contributed by atoms with Crippen LogP contribution in [0.25, 0.3) is 11.1 Å². The summed E-state index contributed by atoms with van der Waals surface area (Å²) in [7, 11) is -2.71. The average Bonchev–Trinajstić information content (AvgIpc) is 2.53. The third-order valence-electron chi connectivity index (χ3n) is 3.30. The number of hydrogen-bond acceptors (Lipinski definition) is 3. The van der Waals surface area contributed by atoms with E-state index in [2.05, 4.69) is 0 Å². The summed E-state index contributed by atoms with van der Waals surface area (Å²) >= 11 is 0. The zero-order valence-corrected chi connectivity index (χ0v) is 13.1. The van der Waals surface area contributed by atoms with Gasteiger partial charge in [0.15, 0.2) is 0 Å². The molecular weight excluding hydrogens is 347 g/mol. The van der Waals surface area contributed by atoms with Crippen molar-refractivity contribution in [3.8, 4) is 11.1 Å². The molecule has 2 N–H and O–H groups in total. The Morgan fingerprint density at radius 3 is 2.33 bits per heavy atom. The summed E-state index contributed by atoms with van der Waals surface area (Å²) < 4.78 is 64.0. The first-order valence-corrected chi connectivity index (χ1v) is 8.03. The second-order valence-corrected chi connectivity index (χ2v) is 6.69. The highest BCUT2D eigenvalue weighted by Crippen LogP contribution is 2.33. The topological polar surface area (TPSA) is 83.5 Å². The fourth-order valence-corrected chi connectivity index (χ4v) is 2.86. The smallest absolute Gasteiger partial charge is 0.416 e. The first-order valence-electron chi connectivity index (χ1n) is 6.55. The average molecular weight is 359 g/mol. The molecule has 0 heterocycles. The largest absolute Gasteiger partial charge is 0.478 e. The van der Waals surface area contributed by atoms with Gasteiger partial charge in [-0.2, -0.15) is 13.2 Å². The standard InChI is InChI=1S/C15H12F3NO4S/c1-19-24(22,23)11-5-6-12(13(8-11)14(20)21)9-3-2-4-10(7-9)15(16,17)18/h2-8,19H,1H3,(H,20,21). The number of alkyl halides is 3. The van der Waals surface area contributed by atoms with E-state index in [0.717, 1.165) is 37.4 Å². The molecule has 2 aromatic carbocycles. The SMILES string of the molecule is CNS(=O)(=O)c1ccc(-c2cccc(C(F)(F)F)c2)c(C(=O)O)c1. The van der Waals surface area contributed by atoms with E-state index in [0.29, 0.717) is 0 Å². The molecule has 2 rings (SSSR count). The molecule has 0 aliphatic heterocycles. The zero-order chi connectivity index (χ0) is 18.1. The number of hydrogen-bond donors (Lipinski definition) is 2. The molecule has 5 nitrogen and oxygen atoms in total. The van der Waals surface area contributed by atoms with E-state index < -0.39 is 33.3 Å². The van der Waals surface area contributed by atoms with Gasteiger partial charge in [-0.1, -0.05) is 18.2 Å². The summed E-state index contributed by atoms with van der Waals surface area (Å²) in [6.07, 6.45) is -4.57. The number of rotatable bonds is 4. The van der Waals surface area contributed by atoms with Crippen molar-refractivity contribution in [1.82, 2.24) is 4.72 Å². The van der Waals surface area contributed by atoms with Gasteiger partial charge in [0, 0.05) is 0 Å². The van der Waals surface area contributed by atoms with E-state index in [-0.39, 0.29) is 16.0 Å². The minimum absolute atomic E-state index is 0.0105. The van der Waals surface area contributed by atoms with Crippen molar-refractivity contribution in [3.05, 3.63) is 53.6 Å². The molecule has 0 atom stereocenters. The Morgan fingerprint density at radius 2 is 1.79 bits per heavy atom. The number of carboxylic acids is 1. The molecule has 0 aliphatic rings. The molecule has 0 aromatic heterocycles. The van der Waals surface area contributed by atoms with Crippen molar-refractivity contribution < 1.29 is 31.5 Å². The maximum Gasteiger partial charge on any atom is 0.416 e. The van der Waals surface area contributed by atoms with Crippen LogP contribution in [0, 0.1) is 0 Å². The minimum Gasteiger partial charge on any atom is -0.478 e. The third kappa shape index (κ3) is 3.57. The summed E-state index contributed by atoms with van der Waals surface area (Å²) in [5.74, 6) is -1.45. The first-order chi connectivity index (χ1) is 11.1. The Morgan fingerprint density at radius 1 is 1.12 bits per heavy atom. The second-order valence-electron chi connectivity index (χ2n) is 4.80. The molecule has 24 heavy (non-hydrogen) atoms. The van der Waals surface area contributed by atoms with Gasteiger partial charge in [0.05, 0.1) is 16.0 Å². The van der Waals surface area contributed by atoms with Crippen LogP contribution >= 0.6 is 0 Å². The van der Waals surface area contributed by atoms with E-state index in [1.807, 2.05) is 4.72 Å². The van der Waals surface area contributed by atoms with Crippen LogP contribution in [-0.2, 0) is 16.2 Å². The normalized spacial score (nSPS) is 12.2. The predicted molar refractivity (Wildman–Crippen MR) is 80.1 cm³/mol. The van der Waals surface area contributed by atoms with Crippen LogP contribution in [-0.4, -0.2) is 26.5 Å². The molecule has 0 saturated carbocycles. The van der Waals surface area contributed by atoms with Crippen LogP contribution in [0.1, 0.15) is 15.9 Å². The quantitative estimate of drug-likeness (QED) is 0.879. The maximum absolute atomic E-state index is 12.8. The van der Waals surface area contributed by atoms with E-state index >= 15 is 0 Å². The van der Waals surface area contributed by atoms with Gasteiger partial charge in [0.25, 0.3) is 0 Å². The Balaban J connectivity index is 2.66. The molecule has 0 bridgehead atoms. The molecule has 0 aliphatic carbocycles. The molecule has 9 heteroatoms. The van der Waals surface area contributed by atoms with Crippen molar-refractivity contribution in [2.45, 2.75) is 11.1 Å². The monoisotopic (exact) mass is 359 g/mol. The molecular formula is C15H12F3NO4S. The van der Waals surface area contributed by atoms with Crippen LogP contribution < -0.4 is 4.72 Å². The van der Waals surface area contributed by atoms with Crippen molar-refractivity contribution in [2.75, 3.05) is 7.05 Å². The molecule has 0 amide bonds. The molecule has 0 radical (unpaired) electrons. The maximum atomic E-state index is 12.8. The number of benzene rings is 2. The van der Waals surface area contributed by atoms with E-state index in [1.165, 1.54) is 12.1 Å². The van der Waals surface area contributed by atoms with Crippen LogP contribution in [0.4, 0.5) is 13.2 Å². The second kappa shape index (κ2) is 6.25. The number of carboxylic acid groups (broad SMARTS) is 1. The van der Waals surface area contributed by atoms with Gasteiger partial charge >= 0.3 is 12.1 Å². The lowest BCUT2D eigenvalue weighted by Gasteiger charge is -2.12. The highest BCUT2D eigenvalue weighted by molar-refractivity contribution is 7.89. The Labute approximate surface area is 135 Å². The van der Waals surface area contributed by atoms with Gasteiger partial charge < -0.3 is 5.11 Å². The molecule has 128 valence electrons. The van der Waals surface area contributed by atoms with Gasteiger partial charge in [-0.15, -0.1) is 0 Å². The highest BCUT2D eigenvalue weighted by Gasteiger charge is 2.30. The van der Waals surface area contributed by atoms with Gasteiger partial charge in [0.1, 0.15) is 0 Å². The Kier molecular flexibility index (Phi) is 4.68. The lowest BCUT2D eigenvalue weighted by atomic mass is 9.98. The third-order valence-corrected chi connectivity index (χ3v) is 4.71. The lowest BCUT2D eigenvalue weighted by Crippen LogP contribution is -2.19. The van der Waals surface area contributed by atoms with Gasteiger partial charge in [-0.25, -0.2) is 17.9 Å². The summed E-state index contributed by atoms with van der Waals surface area (Å²) in [6, 6.07) is 7.36. The number of carbonyl (C=O) groups is 1. The fraction of sp³-hybridized carbons (Fsp3) is 0.133. The molecule has 0 saturated heterocycles. The molecule has 0 unspecified atom stereocenters. The summed E-state index contributed by atoms with van der Waals surface area (Å²) in [6.45, 7) is 0. The Hall–Kier alpha value is -2.39. The number of sulfonamides is 1. The first kappa shape index (κ1) is 18.0. The summed E-state index contributed by atoms with van der Waals surface area (Å²) in [5.41, 5.74) is -1.33. The van der Waals surface area contributed by atoms with Crippen LogP contribution in [0.15, 0.2) is 47.4 Å². The molecule has 0 fully saturated rings. The van der Waals surface area contributed by atoms with E-state index in [9.17, 15) is 31.5 Å². The Bertz CT molecular complexity index is 892. The van der Waals surface area contributed by atoms with Crippen molar-refractivity contribution in [2.24, 2.45) is 0 Å². The van der Waals surface area contributed by atoms with Crippen molar-refractivity contribution >= 4 is 16.0 Å². The van der Waals surface area contributed by atoms with Crippen molar-refractivity contribution in [3.63, 3.8) is 0 Å². The lowest BCUT2D eigenvalue weighted by molar-refractivity contribution is -0.137. The number of halogens is 3. The number of aromatic carboxylic acids is 1. The summed E-state index contributed by atoms with van der Waals surface area (Å²) in [5, 5.41) is 9.28. The molecule has 0 spiro atoms. The van der Waals surface area contributed by atoms with Crippen LogP contribution in [0.3, 0.4) is 0 Å². The molecule has 2 aromatic rings. The van der Waals surface area contributed by atoms with E-state index in [1.54, 1.807) is 0 Å². The van der Waals surface area contributed by atoms with Gasteiger partial charge in [-0.3, -0.25) is 0 Å². The van der Waals surface area contributed by atoms with Crippen molar-refractivity contribution in [1.29, 1.82) is 0 Å².